The van der Waals surface area contributed by atoms with E-state index in [-0.39, 0.29) is 35.5 Å². The van der Waals surface area contributed by atoms with E-state index in [2.05, 4.69) is 32.9 Å². The monoisotopic (exact) mass is 715 g/mol. The molecule has 0 unspecified atom stereocenters. The number of anilines is 1. The molecule has 50 heavy (non-hydrogen) atoms. The van der Waals surface area contributed by atoms with Crippen LogP contribution in [0.15, 0.2) is 46.8 Å². The fourth-order valence-electron chi connectivity index (χ4n) is 6.29. The number of halogens is 3. The predicted octanol–water partition coefficient (Wildman–Crippen LogP) is 6.60. The summed E-state index contributed by atoms with van der Waals surface area (Å²) >= 11 is 7.65. The van der Waals surface area contributed by atoms with Crippen LogP contribution in [0.3, 0.4) is 0 Å². The van der Waals surface area contributed by atoms with Gasteiger partial charge in [-0.3, -0.25) is 14.3 Å². The van der Waals surface area contributed by atoms with Crippen molar-refractivity contribution in [1.82, 2.24) is 24.4 Å². The van der Waals surface area contributed by atoms with Crippen LogP contribution in [0, 0.1) is 30.1 Å². The number of aryl methyl sites for hydroxylation is 1. The smallest absolute Gasteiger partial charge is 0.338 e. The Balaban J connectivity index is 1.30. The van der Waals surface area contributed by atoms with Crippen molar-refractivity contribution >= 4 is 55.8 Å². The number of hydrogen-bond donors (Lipinski definition) is 1. The number of pyridine rings is 2. The van der Waals surface area contributed by atoms with Crippen molar-refractivity contribution in [2.24, 2.45) is 0 Å². The van der Waals surface area contributed by atoms with Crippen molar-refractivity contribution in [3.63, 3.8) is 0 Å². The van der Waals surface area contributed by atoms with Gasteiger partial charge in [-0.05, 0) is 51.0 Å². The molecular weight excluding hydrogens is 684 g/mol. The van der Waals surface area contributed by atoms with Gasteiger partial charge in [0.1, 0.15) is 23.3 Å². The lowest BCUT2D eigenvalue weighted by atomic mass is 10.00. The number of fused-ring (bicyclic) bond motifs is 2. The first kappa shape index (κ1) is 34.9. The molecule has 1 N–H and O–H groups in total. The van der Waals surface area contributed by atoms with Crippen LogP contribution in [0.25, 0.3) is 32.2 Å². The van der Waals surface area contributed by atoms with E-state index < -0.39 is 17.5 Å². The van der Waals surface area contributed by atoms with Gasteiger partial charge in [-0.1, -0.05) is 23.4 Å². The van der Waals surface area contributed by atoms with Crippen LogP contribution >= 0.6 is 22.9 Å². The second-order valence-electron chi connectivity index (χ2n) is 12.4. The van der Waals surface area contributed by atoms with Gasteiger partial charge >= 0.3 is 5.97 Å². The Morgan fingerprint density at radius 3 is 2.68 bits per heavy atom. The third-order valence-electron chi connectivity index (χ3n) is 9.01. The summed E-state index contributed by atoms with van der Waals surface area (Å²) in [5.41, 5.74) is 2.54. The molecular formula is C36H32ClF2N7O3S. The molecule has 0 atom stereocenters. The first-order valence-electron chi connectivity index (χ1n) is 15.9. The quantitative estimate of drug-likeness (QED) is 0.177. The van der Waals surface area contributed by atoms with Gasteiger partial charge in [0.15, 0.2) is 0 Å². The lowest BCUT2D eigenvalue weighted by Gasteiger charge is -2.37. The van der Waals surface area contributed by atoms with Crippen molar-refractivity contribution in [3.05, 3.63) is 79.9 Å². The van der Waals surface area contributed by atoms with Crippen LogP contribution in [0.5, 0.6) is 0 Å². The lowest BCUT2D eigenvalue weighted by Crippen LogP contribution is -2.44. The maximum Gasteiger partial charge on any atom is 0.338 e. The molecule has 0 bridgehead atoms. The summed E-state index contributed by atoms with van der Waals surface area (Å²) in [7, 11) is 1.83. The Labute approximate surface area is 295 Å². The normalized spacial score (nSPS) is 14.0. The first-order valence-corrected chi connectivity index (χ1v) is 17.1. The summed E-state index contributed by atoms with van der Waals surface area (Å²) in [6, 6.07) is 9.21. The second kappa shape index (κ2) is 14.1. The van der Waals surface area contributed by atoms with E-state index in [4.69, 9.17) is 11.6 Å². The molecule has 1 fully saturated rings. The van der Waals surface area contributed by atoms with Crippen molar-refractivity contribution in [2.75, 3.05) is 31.6 Å². The molecule has 256 valence electrons. The molecule has 10 nitrogen and oxygen atoms in total. The lowest BCUT2D eigenvalue weighted by molar-refractivity contribution is 0.00124. The number of piperidine rings is 1. The summed E-state index contributed by atoms with van der Waals surface area (Å²) < 4.78 is 28.9. The van der Waals surface area contributed by atoms with Crippen LogP contribution < -0.4 is 10.5 Å². The molecule has 0 radical (unpaired) electrons. The Kier molecular flexibility index (Phi) is 9.85. The van der Waals surface area contributed by atoms with E-state index in [0.717, 1.165) is 12.5 Å². The van der Waals surface area contributed by atoms with E-state index in [1.807, 2.05) is 16.8 Å². The second-order valence-corrected chi connectivity index (χ2v) is 13.7. The summed E-state index contributed by atoms with van der Waals surface area (Å²) in [6.07, 6.45) is 4.26. The number of carbonyl (C=O) groups is 1. The Morgan fingerprint density at radius 1 is 1.22 bits per heavy atom. The summed E-state index contributed by atoms with van der Waals surface area (Å²) in [4.78, 5) is 43.0. The van der Waals surface area contributed by atoms with Crippen LogP contribution in [0.1, 0.15) is 53.5 Å². The zero-order valence-corrected chi connectivity index (χ0v) is 29.1. The number of carboxylic acid groups (broad SMARTS) is 1. The van der Waals surface area contributed by atoms with Gasteiger partial charge < -0.3 is 14.9 Å². The van der Waals surface area contributed by atoms with E-state index in [0.29, 0.717) is 76.0 Å². The Morgan fingerprint density at radius 2 is 1.98 bits per heavy atom. The number of benzene rings is 1. The van der Waals surface area contributed by atoms with Crippen LogP contribution in [-0.2, 0) is 6.54 Å². The SMILES string of the molecule is Cc1nc2cnc(N(C)C3CCN(CCC(C)(F)F)CC3)c(C#N)c2c(=O)n1CC#Cc1ccc(Cl)cc1-c1ccnc2c(C(=O)O)csc12. The molecule has 0 saturated carbocycles. The zero-order valence-electron chi connectivity index (χ0n) is 27.5. The number of likely N-dealkylation sites (tertiary alicyclic amines) is 1. The van der Waals surface area contributed by atoms with E-state index in [9.17, 15) is 28.7 Å². The summed E-state index contributed by atoms with van der Waals surface area (Å²) in [5.74, 6) is 3.23. The highest BCUT2D eigenvalue weighted by Crippen LogP contribution is 2.36. The van der Waals surface area contributed by atoms with Gasteiger partial charge in [-0.15, -0.1) is 11.3 Å². The molecule has 6 rings (SSSR count). The number of nitrogens with zero attached hydrogens (tertiary/aromatic N) is 7. The number of aromatic nitrogens is 4. The minimum atomic E-state index is -2.71. The highest BCUT2D eigenvalue weighted by atomic mass is 35.5. The van der Waals surface area contributed by atoms with Gasteiger partial charge in [0, 0.05) is 72.4 Å². The van der Waals surface area contributed by atoms with Gasteiger partial charge in [-0.2, -0.15) is 5.26 Å². The number of alkyl halides is 2. The molecule has 1 aromatic carbocycles. The first-order chi connectivity index (χ1) is 23.9. The number of carboxylic acids is 1. The van der Waals surface area contributed by atoms with E-state index >= 15 is 0 Å². The van der Waals surface area contributed by atoms with E-state index in [1.165, 1.54) is 22.1 Å². The van der Waals surface area contributed by atoms with Crippen LogP contribution in [0.4, 0.5) is 14.6 Å². The van der Waals surface area contributed by atoms with Crippen molar-refractivity contribution in [3.8, 4) is 29.0 Å². The molecule has 0 spiro atoms. The fourth-order valence-corrected chi connectivity index (χ4v) is 7.48. The Bertz CT molecular complexity index is 2290. The van der Waals surface area contributed by atoms with Gasteiger partial charge in [0.05, 0.1) is 39.4 Å². The average molecular weight is 716 g/mol. The van der Waals surface area contributed by atoms with Crippen LogP contribution in [-0.4, -0.2) is 74.1 Å². The molecule has 4 aromatic heterocycles. The average Bonchev–Trinajstić information content (AvgIpc) is 3.53. The van der Waals surface area contributed by atoms with Crippen molar-refractivity contribution in [1.29, 1.82) is 5.26 Å². The molecule has 0 amide bonds. The maximum atomic E-state index is 14.0. The van der Waals surface area contributed by atoms with Gasteiger partial charge in [-0.25, -0.2) is 23.5 Å². The van der Waals surface area contributed by atoms with Gasteiger partial charge in [0.2, 0.25) is 5.92 Å². The third kappa shape index (κ3) is 7.03. The fraction of sp³-hybridized carbons (Fsp3) is 0.333. The van der Waals surface area contributed by atoms with Crippen molar-refractivity contribution in [2.45, 2.75) is 51.6 Å². The molecule has 1 saturated heterocycles. The molecule has 0 aliphatic carbocycles. The molecule has 5 aromatic rings. The summed E-state index contributed by atoms with van der Waals surface area (Å²) in [5, 5.41) is 22.1. The number of hydrogen-bond acceptors (Lipinski definition) is 9. The molecule has 5 heterocycles. The molecule has 1 aliphatic rings. The highest BCUT2D eigenvalue weighted by molar-refractivity contribution is 7.18. The summed E-state index contributed by atoms with van der Waals surface area (Å²) in [6.45, 7) is 4.21. The molecule has 1 aliphatic heterocycles. The number of rotatable bonds is 8. The maximum absolute atomic E-state index is 14.0. The topological polar surface area (TPSA) is 128 Å². The van der Waals surface area contributed by atoms with Crippen molar-refractivity contribution < 1.29 is 18.7 Å². The Hall–Kier alpha value is -4.95. The zero-order chi connectivity index (χ0) is 35.7. The van der Waals surface area contributed by atoms with Crippen LogP contribution in [0.2, 0.25) is 5.02 Å². The number of thiophene rings is 1. The largest absolute Gasteiger partial charge is 0.478 e. The minimum Gasteiger partial charge on any atom is -0.478 e. The number of aromatic carboxylic acids is 1. The minimum absolute atomic E-state index is 0.0111. The van der Waals surface area contributed by atoms with Gasteiger partial charge in [0.25, 0.3) is 5.56 Å². The standard InChI is InChI=1S/C36H32ClF2N7O3S/c1-21-43-29-19-42-33(44(3)24-9-14-45(15-10-24)16-11-36(2,38)39)27(18-40)30(29)34(47)46(21)13-4-5-22-6-7-23(37)17-26(22)25-8-12-41-31-28(35(48)49)20-50-32(25)31/h6-8,12,17,19-20,24H,9-11,13-16H2,1-3H3,(H,48,49). The third-order valence-corrected chi connectivity index (χ3v) is 10.2. The molecule has 14 heteroatoms. The predicted molar refractivity (Wildman–Crippen MR) is 190 cm³/mol. The highest BCUT2D eigenvalue weighted by Gasteiger charge is 2.29. The number of nitriles is 1. The van der Waals surface area contributed by atoms with E-state index in [1.54, 1.807) is 42.8 Å².